The number of unbranched alkanes of at least 4 members (excludes halogenated alkanes) is 13. The highest BCUT2D eigenvalue weighted by molar-refractivity contribution is 5.91. The molecule has 2 aliphatic rings. The maximum atomic E-state index is 12.4. The second kappa shape index (κ2) is 28.9. The molecule has 1 saturated heterocycles. The molecule has 8 atom stereocenters. The van der Waals surface area contributed by atoms with Crippen LogP contribution in [0.2, 0.25) is 0 Å². The van der Waals surface area contributed by atoms with Crippen LogP contribution in [0.25, 0.3) is 0 Å². The van der Waals surface area contributed by atoms with Crippen LogP contribution in [-0.4, -0.2) is 84.6 Å². The van der Waals surface area contributed by atoms with Crippen molar-refractivity contribution >= 4 is 35.8 Å². The number of carbonyl (C=O) groups is 6. The standard InChI is InChI=1S/C45H74O13/c1-8-9-10-11-12-13-14-15-16-17-18-22-25-40(55-34(5)48)42-30-43(57-36(7)50)44(58-42)41(56-35(6)49)27-26-38(53-32(3)46)23-20-19-21-24-39(54-33(4)47)29-37-28-31(2)52-45(37)51/h28,31,38-44H,8-27,29-30H2,1-7H3/t31-,38-,39+,40-,41-,42-,43+,44+/m0/s1. The summed E-state index contributed by atoms with van der Waals surface area (Å²) in [6.07, 6.45) is 16.5. The molecule has 0 bridgehead atoms. The van der Waals surface area contributed by atoms with Crippen molar-refractivity contribution in [1.29, 1.82) is 0 Å². The second-order valence-corrected chi connectivity index (χ2v) is 16.2. The van der Waals surface area contributed by atoms with Crippen molar-refractivity contribution in [2.45, 2.75) is 239 Å². The molecule has 0 unspecified atom stereocenters. The SMILES string of the molecule is CCCCCCCCCCCCCC[C@H](OC(C)=O)[C@@H]1C[C@@H](OC(C)=O)[C@@H]([C@H](CC[C@H](CCCCC[C@H](CC2=C[C@H](C)OC2=O)OC(C)=O)OC(C)=O)OC(C)=O)O1. The average Bonchev–Trinajstić information content (AvgIpc) is 3.69. The molecule has 2 rings (SSSR count). The van der Waals surface area contributed by atoms with Gasteiger partial charge in [0.1, 0.15) is 42.7 Å². The van der Waals surface area contributed by atoms with Crippen LogP contribution in [-0.2, 0) is 61.9 Å². The predicted octanol–water partition coefficient (Wildman–Crippen LogP) is 8.89. The highest BCUT2D eigenvalue weighted by Gasteiger charge is 2.47. The van der Waals surface area contributed by atoms with Gasteiger partial charge in [-0.15, -0.1) is 0 Å². The van der Waals surface area contributed by atoms with Crippen molar-refractivity contribution in [2.24, 2.45) is 0 Å². The fraction of sp³-hybridized carbons (Fsp3) is 0.822. The molecule has 0 aromatic carbocycles. The Kier molecular flexibility index (Phi) is 25.2. The van der Waals surface area contributed by atoms with E-state index in [1.165, 1.54) is 92.4 Å². The van der Waals surface area contributed by atoms with Crippen molar-refractivity contribution in [1.82, 2.24) is 0 Å². The van der Waals surface area contributed by atoms with Gasteiger partial charge in [-0.05, 0) is 64.4 Å². The zero-order chi connectivity index (χ0) is 42.9. The van der Waals surface area contributed by atoms with Crippen LogP contribution >= 0.6 is 0 Å². The van der Waals surface area contributed by atoms with Gasteiger partial charge in [0, 0.05) is 53.0 Å². The van der Waals surface area contributed by atoms with Crippen LogP contribution in [0.15, 0.2) is 11.6 Å². The zero-order valence-corrected chi connectivity index (χ0v) is 36.6. The Balaban J connectivity index is 1.98. The third-order valence-corrected chi connectivity index (χ3v) is 10.7. The van der Waals surface area contributed by atoms with Gasteiger partial charge >= 0.3 is 35.8 Å². The topological polar surface area (TPSA) is 167 Å². The number of rotatable bonds is 31. The summed E-state index contributed by atoms with van der Waals surface area (Å²) >= 11 is 0. The third-order valence-electron chi connectivity index (χ3n) is 10.7. The lowest BCUT2D eigenvalue weighted by atomic mass is 9.96. The number of carbonyl (C=O) groups excluding carboxylic acids is 6. The second-order valence-electron chi connectivity index (χ2n) is 16.2. The minimum absolute atomic E-state index is 0.266. The van der Waals surface area contributed by atoms with Gasteiger partial charge in [0.25, 0.3) is 0 Å². The van der Waals surface area contributed by atoms with Gasteiger partial charge < -0.3 is 33.2 Å². The van der Waals surface area contributed by atoms with Crippen molar-refractivity contribution in [3.05, 3.63) is 11.6 Å². The van der Waals surface area contributed by atoms with Crippen molar-refractivity contribution in [3.8, 4) is 0 Å². The van der Waals surface area contributed by atoms with E-state index in [0.29, 0.717) is 44.1 Å². The molecular weight excluding hydrogens is 748 g/mol. The molecule has 2 aliphatic heterocycles. The first kappa shape index (κ1) is 50.7. The number of ether oxygens (including phenoxy) is 7. The number of cyclic esters (lactones) is 1. The fourth-order valence-corrected chi connectivity index (χ4v) is 8.06. The summed E-state index contributed by atoms with van der Waals surface area (Å²) in [5.74, 6) is -2.71. The third kappa shape index (κ3) is 22.0. The molecule has 0 aliphatic carbocycles. The molecule has 0 saturated carbocycles. The molecule has 0 amide bonds. The Morgan fingerprint density at radius 3 is 1.60 bits per heavy atom. The summed E-state index contributed by atoms with van der Waals surface area (Å²) < 4.78 is 40.1. The molecule has 0 radical (unpaired) electrons. The summed E-state index contributed by atoms with van der Waals surface area (Å²) in [4.78, 5) is 72.8. The molecule has 0 spiro atoms. The van der Waals surface area contributed by atoms with E-state index in [4.69, 9.17) is 33.2 Å². The fourth-order valence-electron chi connectivity index (χ4n) is 8.06. The first-order valence-electron chi connectivity index (χ1n) is 22.1. The molecule has 2 heterocycles. The van der Waals surface area contributed by atoms with Gasteiger partial charge in [0.2, 0.25) is 0 Å². The highest BCUT2D eigenvalue weighted by atomic mass is 16.6. The molecule has 13 heteroatoms. The van der Waals surface area contributed by atoms with E-state index < -0.39 is 78.5 Å². The molecule has 0 aromatic rings. The maximum Gasteiger partial charge on any atom is 0.334 e. The molecule has 13 nitrogen and oxygen atoms in total. The van der Waals surface area contributed by atoms with Gasteiger partial charge in [-0.3, -0.25) is 24.0 Å². The van der Waals surface area contributed by atoms with E-state index in [2.05, 4.69) is 6.92 Å². The van der Waals surface area contributed by atoms with Crippen LogP contribution in [0, 0.1) is 0 Å². The monoisotopic (exact) mass is 823 g/mol. The highest BCUT2D eigenvalue weighted by Crippen LogP contribution is 2.34. The predicted molar refractivity (Wildman–Crippen MR) is 217 cm³/mol. The smallest absolute Gasteiger partial charge is 0.334 e. The molecule has 0 aromatic heterocycles. The molecule has 332 valence electrons. The van der Waals surface area contributed by atoms with Crippen molar-refractivity contribution in [2.75, 3.05) is 0 Å². The molecule has 1 fully saturated rings. The van der Waals surface area contributed by atoms with Gasteiger partial charge in [-0.1, -0.05) is 84.0 Å². The van der Waals surface area contributed by atoms with Gasteiger partial charge in [0.15, 0.2) is 0 Å². The number of hydrogen-bond acceptors (Lipinski definition) is 13. The summed E-state index contributed by atoms with van der Waals surface area (Å²) in [6, 6.07) is 0. The normalized spacial score (nSPS) is 20.9. The van der Waals surface area contributed by atoms with Crippen LogP contribution in [0.3, 0.4) is 0 Å². The van der Waals surface area contributed by atoms with Crippen LogP contribution in [0.4, 0.5) is 0 Å². The number of esters is 6. The maximum absolute atomic E-state index is 12.4. The summed E-state index contributed by atoms with van der Waals surface area (Å²) in [5, 5.41) is 0. The van der Waals surface area contributed by atoms with E-state index in [1.54, 1.807) is 13.0 Å². The van der Waals surface area contributed by atoms with E-state index in [1.807, 2.05) is 0 Å². The van der Waals surface area contributed by atoms with Crippen LogP contribution in [0.5, 0.6) is 0 Å². The lowest BCUT2D eigenvalue weighted by Gasteiger charge is -2.29. The zero-order valence-electron chi connectivity index (χ0n) is 36.6. The lowest BCUT2D eigenvalue weighted by molar-refractivity contribution is -0.172. The Bertz CT molecular complexity index is 1290. The minimum Gasteiger partial charge on any atom is -0.463 e. The largest absolute Gasteiger partial charge is 0.463 e. The van der Waals surface area contributed by atoms with E-state index in [-0.39, 0.29) is 25.4 Å². The Morgan fingerprint density at radius 1 is 0.603 bits per heavy atom. The number of hydrogen-bond donors (Lipinski definition) is 0. The van der Waals surface area contributed by atoms with Crippen molar-refractivity contribution < 1.29 is 61.9 Å². The summed E-state index contributed by atoms with van der Waals surface area (Å²) in [6.45, 7) is 10.7. The Labute approximate surface area is 347 Å². The summed E-state index contributed by atoms with van der Waals surface area (Å²) in [7, 11) is 0. The summed E-state index contributed by atoms with van der Waals surface area (Å²) in [5.41, 5.74) is 0.506. The molecular formula is C45H74O13. The first-order chi connectivity index (χ1) is 27.7. The van der Waals surface area contributed by atoms with Crippen LogP contribution in [0.1, 0.15) is 190 Å². The molecule has 0 N–H and O–H groups in total. The minimum atomic E-state index is -0.821. The van der Waals surface area contributed by atoms with E-state index in [0.717, 1.165) is 25.7 Å². The Hall–Kier alpha value is -3.48. The van der Waals surface area contributed by atoms with Crippen molar-refractivity contribution in [3.63, 3.8) is 0 Å². The Morgan fingerprint density at radius 2 is 1.09 bits per heavy atom. The quantitative estimate of drug-likeness (QED) is 0.0370. The molecule has 58 heavy (non-hydrogen) atoms. The van der Waals surface area contributed by atoms with Gasteiger partial charge in [0.05, 0.1) is 6.10 Å². The lowest BCUT2D eigenvalue weighted by Crippen LogP contribution is -2.40. The first-order valence-corrected chi connectivity index (χ1v) is 22.1. The van der Waals surface area contributed by atoms with Crippen LogP contribution < -0.4 is 0 Å². The van der Waals surface area contributed by atoms with Gasteiger partial charge in [-0.25, -0.2) is 4.79 Å². The average molecular weight is 823 g/mol. The van der Waals surface area contributed by atoms with Gasteiger partial charge in [-0.2, -0.15) is 0 Å². The van der Waals surface area contributed by atoms with E-state index in [9.17, 15) is 28.8 Å². The van der Waals surface area contributed by atoms with E-state index >= 15 is 0 Å².